The molecule has 9 heteroatoms. The lowest BCUT2D eigenvalue weighted by atomic mass is 9.95. The van der Waals surface area contributed by atoms with Gasteiger partial charge in [-0.05, 0) is 51.1 Å². The van der Waals surface area contributed by atoms with Crippen LogP contribution in [-0.2, 0) is 9.53 Å². The number of aromatic nitrogens is 1. The van der Waals surface area contributed by atoms with Gasteiger partial charge in [-0.3, -0.25) is 9.36 Å². The zero-order valence-electron chi connectivity index (χ0n) is 18.9. The Morgan fingerprint density at radius 3 is 2.74 bits per heavy atom. The van der Waals surface area contributed by atoms with Crippen molar-refractivity contribution in [3.8, 4) is 11.5 Å². The van der Waals surface area contributed by atoms with Crippen LogP contribution in [0.2, 0.25) is 5.02 Å². The summed E-state index contributed by atoms with van der Waals surface area (Å²) < 4.78 is 13.0. The predicted molar refractivity (Wildman–Crippen MR) is 131 cm³/mol. The fraction of sp³-hybridized carbons (Fsp3) is 0.240. The maximum absolute atomic E-state index is 13.7. The quantitative estimate of drug-likeness (QED) is 0.525. The van der Waals surface area contributed by atoms with Gasteiger partial charge in [0.15, 0.2) is 4.80 Å². The van der Waals surface area contributed by atoms with Crippen LogP contribution in [0, 0.1) is 0 Å². The molecule has 0 radical (unpaired) electrons. The molecule has 0 saturated carbocycles. The Balaban J connectivity index is 2.00. The summed E-state index contributed by atoms with van der Waals surface area (Å²) in [5.41, 5.74) is 1.45. The van der Waals surface area contributed by atoms with Gasteiger partial charge in [-0.25, -0.2) is 9.79 Å². The number of thiazole rings is 1. The number of aromatic hydroxyl groups is 1. The molecule has 0 fully saturated rings. The fourth-order valence-corrected chi connectivity index (χ4v) is 5.08. The largest absolute Gasteiger partial charge is 0.507 e. The van der Waals surface area contributed by atoms with Gasteiger partial charge in [-0.15, -0.1) is 0 Å². The Hall–Kier alpha value is -3.36. The zero-order chi connectivity index (χ0) is 24.4. The summed E-state index contributed by atoms with van der Waals surface area (Å²) in [6.07, 6.45) is 1.57. The summed E-state index contributed by atoms with van der Waals surface area (Å²) in [5.74, 6) is 0.0206. The number of nitrogens with zero attached hydrogens (tertiary/aromatic N) is 2. The second kappa shape index (κ2) is 9.87. The van der Waals surface area contributed by atoms with Gasteiger partial charge in [0.25, 0.3) is 5.56 Å². The van der Waals surface area contributed by atoms with Crippen molar-refractivity contribution in [2.45, 2.75) is 26.8 Å². The van der Waals surface area contributed by atoms with Crippen molar-refractivity contribution in [3.63, 3.8) is 0 Å². The molecule has 0 amide bonds. The van der Waals surface area contributed by atoms with Crippen LogP contribution >= 0.6 is 22.9 Å². The third kappa shape index (κ3) is 4.38. The van der Waals surface area contributed by atoms with E-state index in [1.165, 1.54) is 22.0 Å². The standard InChI is InChI=1S/C25H23ClN2O5S/c1-4-32-19-9-7-6-8-17(19)22-21(24(31)33-5-2)14(3)27-25-28(22)23(30)20(34-25)13-15-12-16(26)10-11-18(15)29/h6-13,22,29H,4-5H2,1-3H3/b20-13-/t22-/m1/s1. The fourth-order valence-electron chi connectivity index (χ4n) is 3.86. The first kappa shape index (κ1) is 23.8. The van der Waals surface area contributed by atoms with Crippen LogP contribution in [0.5, 0.6) is 11.5 Å². The number of carbonyl (C=O) groups excluding carboxylic acids is 1. The van der Waals surface area contributed by atoms with Crippen LogP contribution in [0.25, 0.3) is 6.08 Å². The number of phenolic OH excluding ortho intramolecular Hbond substituents is 1. The van der Waals surface area contributed by atoms with Crippen LogP contribution in [0.3, 0.4) is 0 Å². The lowest BCUT2D eigenvalue weighted by molar-refractivity contribution is -0.139. The van der Waals surface area contributed by atoms with Gasteiger partial charge in [0.2, 0.25) is 0 Å². The van der Waals surface area contributed by atoms with E-state index in [4.69, 9.17) is 21.1 Å². The number of rotatable bonds is 6. The van der Waals surface area contributed by atoms with Crippen molar-refractivity contribution in [3.05, 3.63) is 89.6 Å². The lowest BCUT2D eigenvalue weighted by Gasteiger charge is -2.26. The number of para-hydroxylation sites is 1. The average molecular weight is 499 g/mol. The van der Waals surface area contributed by atoms with Crippen molar-refractivity contribution in [2.24, 2.45) is 4.99 Å². The van der Waals surface area contributed by atoms with Crippen LogP contribution in [0.4, 0.5) is 0 Å². The minimum absolute atomic E-state index is 0.00290. The molecule has 0 aliphatic carbocycles. The molecule has 7 nitrogen and oxygen atoms in total. The van der Waals surface area contributed by atoms with Crippen LogP contribution in [-0.4, -0.2) is 28.9 Å². The number of benzene rings is 2. The summed E-state index contributed by atoms with van der Waals surface area (Å²) in [7, 11) is 0. The molecule has 1 aliphatic heterocycles. The van der Waals surface area contributed by atoms with Crippen LogP contribution in [0.1, 0.15) is 37.9 Å². The number of allylic oxidation sites excluding steroid dienone is 1. The van der Waals surface area contributed by atoms with Crippen molar-refractivity contribution in [1.29, 1.82) is 0 Å². The second-order valence-electron chi connectivity index (χ2n) is 7.48. The number of hydrogen-bond donors (Lipinski definition) is 1. The first-order chi connectivity index (χ1) is 16.3. The Morgan fingerprint density at radius 2 is 2.00 bits per heavy atom. The van der Waals surface area contributed by atoms with E-state index in [0.29, 0.717) is 43.5 Å². The normalized spacial score (nSPS) is 15.6. The molecule has 1 aliphatic rings. The van der Waals surface area contributed by atoms with Gasteiger partial charge in [-0.1, -0.05) is 41.1 Å². The van der Waals surface area contributed by atoms with Crippen molar-refractivity contribution < 1.29 is 19.4 Å². The van der Waals surface area contributed by atoms with E-state index < -0.39 is 12.0 Å². The Bertz CT molecular complexity index is 1470. The third-order valence-corrected chi connectivity index (χ3v) is 6.52. The smallest absolute Gasteiger partial charge is 0.338 e. The summed E-state index contributed by atoms with van der Waals surface area (Å²) >= 11 is 7.24. The van der Waals surface area contributed by atoms with Gasteiger partial charge >= 0.3 is 5.97 Å². The Kier molecular flexibility index (Phi) is 6.90. The topological polar surface area (TPSA) is 90.1 Å². The summed E-state index contributed by atoms with van der Waals surface area (Å²) in [6, 6.07) is 11.1. The maximum atomic E-state index is 13.7. The molecule has 0 unspecified atom stereocenters. The second-order valence-corrected chi connectivity index (χ2v) is 8.92. The van der Waals surface area contributed by atoms with Gasteiger partial charge in [-0.2, -0.15) is 0 Å². The van der Waals surface area contributed by atoms with Gasteiger partial charge in [0, 0.05) is 16.1 Å². The molecular formula is C25H23ClN2O5S. The van der Waals surface area contributed by atoms with E-state index in [2.05, 4.69) is 4.99 Å². The molecular weight excluding hydrogens is 476 g/mol. The minimum Gasteiger partial charge on any atom is -0.507 e. The average Bonchev–Trinajstić information content (AvgIpc) is 3.10. The predicted octanol–water partition coefficient (Wildman–Crippen LogP) is 3.56. The van der Waals surface area contributed by atoms with E-state index in [-0.39, 0.29) is 23.5 Å². The van der Waals surface area contributed by atoms with E-state index in [0.717, 1.165) is 0 Å². The molecule has 1 aromatic heterocycles. The van der Waals surface area contributed by atoms with Crippen molar-refractivity contribution >= 4 is 35.0 Å². The SMILES string of the molecule is CCOC(=O)C1=C(C)N=c2s/c(=C\c3cc(Cl)ccc3O)c(=O)n2[C@@H]1c1ccccc1OCC. The van der Waals surface area contributed by atoms with Crippen molar-refractivity contribution in [1.82, 2.24) is 4.57 Å². The highest BCUT2D eigenvalue weighted by atomic mass is 35.5. The highest BCUT2D eigenvalue weighted by molar-refractivity contribution is 7.07. The molecule has 0 saturated heterocycles. The Morgan fingerprint density at radius 1 is 1.24 bits per heavy atom. The zero-order valence-corrected chi connectivity index (χ0v) is 20.4. The van der Waals surface area contributed by atoms with E-state index in [9.17, 15) is 14.7 Å². The van der Waals surface area contributed by atoms with E-state index in [1.807, 2.05) is 25.1 Å². The van der Waals surface area contributed by atoms with Gasteiger partial charge in [0.1, 0.15) is 17.5 Å². The van der Waals surface area contributed by atoms with E-state index in [1.54, 1.807) is 38.1 Å². The molecule has 2 aromatic carbocycles. The molecule has 2 heterocycles. The molecule has 1 N–H and O–H groups in total. The van der Waals surface area contributed by atoms with Crippen LogP contribution in [0.15, 0.2) is 63.5 Å². The van der Waals surface area contributed by atoms with E-state index >= 15 is 0 Å². The number of esters is 1. The highest BCUT2D eigenvalue weighted by Crippen LogP contribution is 2.35. The highest BCUT2D eigenvalue weighted by Gasteiger charge is 2.35. The number of fused-ring (bicyclic) bond motifs is 1. The number of phenols is 1. The summed E-state index contributed by atoms with van der Waals surface area (Å²) in [5, 5.41) is 10.7. The lowest BCUT2D eigenvalue weighted by Crippen LogP contribution is -2.40. The minimum atomic E-state index is -0.784. The molecule has 0 spiro atoms. The Labute approximate surface area is 204 Å². The summed E-state index contributed by atoms with van der Waals surface area (Å²) in [6.45, 7) is 5.93. The van der Waals surface area contributed by atoms with Gasteiger partial charge < -0.3 is 14.6 Å². The number of hydrogen-bond acceptors (Lipinski definition) is 7. The summed E-state index contributed by atoms with van der Waals surface area (Å²) in [4.78, 5) is 31.7. The molecule has 3 aromatic rings. The first-order valence-electron chi connectivity index (χ1n) is 10.8. The first-order valence-corrected chi connectivity index (χ1v) is 11.9. The molecule has 0 bridgehead atoms. The molecule has 34 heavy (non-hydrogen) atoms. The van der Waals surface area contributed by atoms with Crippen molar-refractivity contribution in [2.75, 3.05) is 13.2 Å². The monoisotopic (exact) mass is 498 g/mol. The third-order valence-electron chi connectivity index (χ3n) is 5.31. The number of halogens is 1. The number of ether oxygens (including phenoxy) is 2. The molecule has 176 valence electrons. The maximum Gasteiger partial charge on any atom is 0.338 e. The molecule has 1 atom stereocenters. The molecule has 4 rings (SSSR count). The van der Waals surface area contributed by atoms with Gasteiger partial charge in [0.05, 0.1) is 29.0 Å². The number of carbonyl (C=O) groups is 1. The van der Waals surface area contributed by atoms with Crippen LogP contribution < -0.4 is 19.6 Å².